The van der Waals surface area contributed by atoms with Crippen molar-refractivity contribution in [3.8, 4) is 0 Å². The molecule has 0 saturated heterocycles. The number of nitrogens with zero attached hydrogens (tertiary/aromatic N) is 2. The van der Waals surface area contributed by atoms with Crippen molar-refractivity contribution >= 4 is 17.7 Å². The van der Waals surface area contributed by atoms with Crippen LogP contribution >= 0.6 is 11.8 Å². The van der Waals surface area contributed by atoms with Crippen molar-refractivity contribution in [2.75, 3.05) is 5.75 Å². The van der Waals surface area contributed by atoms with Crippen LogP contribution in [0.5, 0.6) is 0 Å². The summed E-state index contributed by atoms with van der Waals surface area (Å²) >= 11 is 1.59. The molecule has 0 spiro atoms. The summed E-state index contributed by atoms with van der Waals surface area (Å²) in [7, 11) is 0. The zero-order valence-electron chi connectivity index (χ0n) is 5.65. The third-order valence-electron chi connectivity index (χ3n) is 1.58. The van der Waals surface area contributed by atoms with E-state index >= 15 is 0 Å². The molecule has 2 heterocycles. The fourth-order valence-electron chi connectivity index (χ4n) is 1.09. The second-order valence-corrected chi connectivity index (χ2v) is 3.29. The van der Waals surface area contributed by atoms with Gasteiger partial charge in [0.1, 0.15) is 5.69 Å². The van der Waals surface area contributed by atoms with Gasteiger partial charge in [0.2, 0.25) is 0 Å². The summed E-state index contributed by atoms with van der Waals surface area (Å²) in [6.07, 6.45) is 1.41. The Morgan fingerprint density at radius 2 is 2.64 bits per heavy atom. The molecule has 0 radical (unpaired) electrons. The first-order valence-corrected chi connectivity index (χ1v) is 4.19. The summed E-state index contributed by atoms with van der Waals surface area (Å²) in [6, 6.07) is 0. The van der Waals surface area contributed by atoms with E-state index < -0.39 is 5.97 Å². The average Bonchev–Trinajstić information content (AvgIpc) is 2.41. The van der Waals surface area contributed by atoms with Crippen molar-refractivity contribution < 1.29 is 9.90 Å². The van der Waals surface area contributed by atoms with E-state index in [-0.39, 0.29) is 0 Å². The van der Waals surface area contributed by atoms with E-state index in [0.29, 0.717) is 5.69 Å². The smallest absolute Gasteiger partial charge is 0.354 e. The second kappa shape index (κ2) is 2.27. The number of aromatic nitrogens is 2. The summed E-state index contributed by atoms with van der Waals surface area (Å²) in [5.74, 6) is 0.0370. The van der Waals surface area contributed by atoms with Crippen LogP contribution in [0.3, 0.4) is 0 Å². The molecule has 0 aromatic carbocycles. The first-order chi connectivity index (χ1) is 5.29. The lowest BCUT2D eigenvalue weighted by Gasteiger charge is -1.96. The highest BCUT2D eigenvalue weighted by Crippen LogP contribution is 2.25. The SMILES string of the molecule is O=C(O)c1cnc2n1CCS2. The highest BCUT2D eigenvalue weighted by atomic mass is 32.2. The van der Waals surface area contributed by atoms with Gasteiger partial charge in [-0.3, -0.25) is 0 Å². The highest BCUT2D eigenvalue weighted by Gasteiger charge is 2.19. The van der Waals surface area contributed by atoms with Crippen molar-refractivity contribution in [2.24, 2.45) is 0 Å². The van der Waals surface area contributed by atoms with Gasteiger partial charge in [0.05, 0.1) is 6.20 Å². The predicted molar refractivity (Wildman–Crippen MR) is 39.9 cm³/mol. The standard InChI is InChI=1S/C6H6N2O2S/c9-5(10)4-3-7-6-8(4)1-2-11-6/h3H,1-2H2,(H,9,10). The van der Waals surface area contributed by atoms with E-state index in [4.69, 9.17) is 5.11 Å². The van der Waals surface area contributed by atoms with Gasteiger partial charge in [-0.25, -0.2) is 9.78 Å². The molecule has 0 aliphatic carbocycles. The Balaban J connectivity index is 2.50. The molecule has 58 valence electrons. The lowest BCUT2D eigenvalue weighted by Crippen LogP contribution is -2.06. The normalized spacial score (nSPS) is 14.9. The maximum absolute atomic E-state index is 10.6. The number of carboxylic acids is 1. The quantitative estimate of drug-likeness (QED) is 0.673. The third-order valence-corrected chi connectivity index (χ3v) is 2.55. The molecule has 11 heavy (non-hydrogen) atoms. The van der Waals surface area contributed by atoms with Crippen LogP contribution in [0.2, 0.25) is 0 Å². The van der Waals surface area contributed by atoms with Gasteiger partial charge >= 0.3 is 5.97 Å². The summed E-state index contributed by atoms with van der Waals surface area (Å²) < 4.78 is 1.73. The third kappa shape index (κ3) is 0.920. The molecular formula is C6H6N2O2S. The number of rotatable bonds is 1. The van der Waals surface area contributed by atoms with Crippen LogP contribution in [0.1, 0.15) is 10.5 Å². The highest BCUT2D eigenvalue weighted by molar-refractivity contribution is 7.99. The zero-order chi connectivity index (χ0) is 7.84. The van der Waals surface area contributed by atoms with E-state index in [2.05, 4.69) is 4.98 Å². The Morgan fingerprint density at radius 1 is 1.82 bits per heavy atom. The largest absolute Gasteiger partial charge is 0.477 e. The molecule has 0 saturated carbocycles. The van der Waals surface area contributed by atoms with Gasteiger partial charge in [0, 0.05) is 12.3 Å². The maximum atomic E-state index is 10.6. The van der Waals surface area contributed by atoms with Crippen molar-refractivity contribution in [1.29, 1.82) is 0 Å². The fourth-order valence-corrected chi connectivity index (χ4v) is 2.02. The molecular weight excluding hydrogens is 164 g/mol. The molecule has 1 N–H and O–H groups in total. The van der Waals surface area contributed by atoms with Gasteiger partial charge < -0.3 is 9.67 Å². The molecule has 0 atom stereocenters. The van der Waals surface area contributed by atoms with Crippen molar-refractivity contribution in [2.45, 2.75) is 11.7 Å². The van der Waals surface area contributed by atoms with Gasteiger partial charge in [-0.05, 0) is 0 Å². The molecule has 0 bridgehead atoms. The minimum Gasteiger partial charge on any atom is -0.477 e. The number of imidazole rings is 1. The van der Waals surface area contributed by atoms with Crippen LogP contribution in [0.15, 0.2) is 11.4 Å². The molecule has 0 unspecified atom stereocenters. The molecule has 4 nitrogen and oxygen atoms in total. The van der Waals surface area contributed by atoms with Crippen LogP contribution in [0.4, 0.5) is 0 Å². The van der Waals surface area contributed by atoms with E-state index in [1.54, 1.807) is 16.3 Å². The van der Waals surface area contributed by atoms with Crippen molar-refractivity contribution in [1.82, 2.24) is 9.55 Å². The predicted octanol–water partition coefficient (Wildman–Crippen LogP) is 0.687. The topological polar surface area (TPSA) is 55.1 Å². The van der Waals surface area contributed by atoms with E-state index in [0.717, 1.165) is 17.5 Å². The van der Waals surface area contributed by atoms with Crippen LogP contribution in [-0.2, 0) is 6.54 Å². The van der Waals surface area contributed by atoms with Gasteiger partial charge in [-0.1, -0.05) is 11.8 Å². The Labute approximate surface area is 67.2 Å². The lowest BCUT2D eigenvalue weighted by atomic mass is 10.5. The van der Waals surface area contributed by atoms with E-state index in [9.17, 15) is 4.79 Å². The number of carboxylic acid groups (broad SMARTS) is 1. The first-order valence-electron chi connectivity index (χ1n) is 3.20. The zero-order valence-corrected chi connectivity index (χ0v) is 6.47. The van der Waals surface area contributed by atoms with Gasteiger partial charge in [0.25, 0.3) is 0 Å². The van der Waals surface area contributed by atoms with Gasteiger partial charge in [-0.2, -0.15) is 0 Å². The maximum Gasteiger partial charge on any atom is 0.354 e. The molecule has 0 fully saturated rings. The summed E-state index contributed by atoms with van der Waals surface area (Å²) in [5, 5.41) is 9.49. The van der Waals surface area contributed by atoms with Gasteiger partial charge in [0.15, 0.2) is 5.16 Å². The number of hydrogen-bond acceptors (Lipinski definition) is 3. The van der Waals surface area contributed by atoms with Crippen LogP contribution < -0.4 is 0 Å². The number of aromatic carboxylic acids is 1. The Morgan fingerprint density at radius 3 is 3.36 bits per heavy atom. The number of hydrogen-bond donors (Lipinski definition) is 1. The Kier molecular flexibility index (Phi) is 1.38. The Bertz CT molecular complexity index is 308. The summed E-state index contributed by atoms with van der Waals surface area (Å²) in [6.45, 7) is 0.766. The fraction of sp³-hybridized carbons (Fsp3) is 0.333. The number of thioether (sulfide) groups is 1. The minimum atomic E-state index is -0.897. The molecule has 1 aliphatic heterocycles. The lowest BCUT2D eigenvalue weighted by molar-refractivity contribution is 0.0684. The second-order valence-electron chi connectivity index (χ2n) is 2.23. The van der Waals surface area contributed by atoms with Crippen LogP contribution in [-0.4, -0.2) is 26.4 Å². The van der Waals surface area contributed by atoms with E-state index in [1.165, 1.54) is 6.20 Å². The molecule has 1 aromatic rings. The van der Waals surface area contributed by atoms with Crippen LogP contribution in [0, 0.1) is 0 Å². The summed E-state index contributed by atoms with van der Waals surface area (Å²) in [4.78, 5) is 14.5. The molecule has 5 heteroatoms. The molecule has 2 rings (SSSR count). The average molecular weight is 170 g/mol. The molecule has 1 aliphatic rings. The number of fused-ring (bicyclic) bond motifs is 1. The number of carbonyl (C=O) groups is 1. The summed E-state index contributed by atoms with van der Waals surface area (Å²) in [5.41, 5.74) is 0.296. The van der Waals surface area contributed by atoms with Crippen molar-refractivity contribution in [3.63, 3.8) is 0 Å². The minimum absolute atomic E-state index is 0.296. The Hall–Kier alpha value is -0.970. The first kappa shape index (κ1) is 6.72. The van der Waals surface area contributed by atoms with Gasteiger partial charge in [-0.15, -0.1) is 0 Å². The van der Waals surface area contributed by atoms with E-state index in [1.807, 2.05) is 0 Å². The molecule has 0 amide bonds. The van der Waals surface area contributed by atoms with Crippen molar-refractivity contribution in [3.05, 3.63) is 11.9 Å². The molecule has 1 aromatic heterocycles. The monoisotopic (exact) mass is 170 g/mol. The van der Waals surface area contributed by atoms with Crippen LogP contribution in [0.25, 0.3) is 0 Å².